The first kappa shape index (κ1) is 16.1. The van der Waals surface area contributed by atoms with Crippen LogP contribution in [-0.4, -0.2) is 16.2 Å². The van der Waals surface area contributed by atoms with Crippen LogP contribution in [0.1, 0.15) is 0 Å². The molecule has 4 heavy (non-hydrogen) atoms. The van der Waals surface area contributed by atoms with E-state index in [0.717, 1.165) is 0 Å². The molecule has 0 N–H and O–H groups in total. The van der Waals surface area contributed by atoms with Gasteiger partial charge in [0.05, 0.1) is 0 Å². The maximum Gasteiger partial charge on any atom is 0 e. The third-order valence-electron chi connectivity index (χ3n) is 0. The van der Waals surface area contributed by atoms with Crippen molar-refractivity contribution in [3.8, 4) is 0 Å². The Kier molecular flexibility index (Phi) is 73.1. The van der Waals surface area contributed by atoms with E-state index in [-0.39, 0.29) is 61.8 Å². The van der Waals surface area contributed by atoms with Crippen LogP contribution in [0.3, 0.4) is 0 Å². The van der Waals surface area contributed by atoms with Gasteiger partial charge in [-0.05, 0) is 0 Å². The van der Waals surface area contributed by atoms with Gasteiger partial charge < -0.3 is 0 Å². The van der Waals surface area contributed by atoms with Gasteiger partial charge in [-0.2, -0.15) is 0 Å². The van der Waals surface area contributed by atoms with Crippen molar-refractivity contribution >= 4 is 16.2 Å². The molecule has 0 rings (SSSR count). The molecule has 0 aliphatic heterocycles. The summed E-state index contributed by atoms with van der Waals surface area (Å²) < 4.78 is 8.28. The van der Waals surface area contributed by atoms with Gasteiger partial charge >= 0.3 is 20.0 Å². The summed E-state index contributed by atoms with van der Waals surface area (Å²) in [5, 5.41) is 0. The van der Waals surface area contributed by atoms with Gasteiger partial charge in [-0.25, -0.2) is 0 Å². The molecule has 1 radical (unpaired) electrons. The van der Waals surface area contributed by atoms with E-state index in [9.17, 15) is 0 Å². The van der Waals surface area contributed by atoms with Crippen LogP contribution in [0.25, 0.3) is 0 Å². The molecule has 1 nitrogen and oxygen atoms in total. The third-order valence-corrected chi connectivity index (χ3v) is 0. The van der Waals surface area contributed by atoms with Crippen molar-refractivity contribution in [2.45, 2.75) is 0 Å². The molecule has 0 aliphatic carbocycles. The minimum absolute atomic E-state index is 0. The zero-order valence-electron chi connectivity index (χ0n) is 2.19. The van der Waals surface area contributed by atoms with E-state index >= 15 is 0 Å². The molecule has 0 heterocycles. The smallest absolute Gasteiger partial charge is 0 e. The normalized spacial score (nSPS) is 0.750. The second kappa shape index (κ2) is 18.1. The van der Waals surface area contributed by atoms with Crippen molar-refractivity contribution in [1.29, 1.82) is 0 Å². The van der Waals surface area contributed by atoms with Crippen LogP contribution in [0.15, 0.2) is 0 Å². The van der Waals surface area contributed by atoms with Crippen LogP contribution < -0.4 is 0 Å². The van der Waals surface area contributed by atoms with Gasteiger partial charge in [0.25, 0.3) is 0 Å². The fraction of sp³-hybridized carbons (Fsp3) is 0. The van der Waals surface area contributed by atoms with E-state index < -0.39 is 0 Å². The average Bonchev–Trinajstić information content (AvgIpc) is 1.00. The molecule has 0 bridgehead atoms. The fourth-order valence-corrected chi connectivity index (χ4v) is 0. The van der Waals surface area contributed by atoms with Crippen LogP contribution in [0, 0.1) is 35.6 Å². The van der Waals surface area contributed by atoms with Crippen molar-refractivity contribution in [3.05, 3.63) is 0 Å². The summed E-state index contributed by atoms with van der Waals surface area (Å²) in [4.78, 5) is 0. The molecule has 0 aromatic carbocycles. The Labute approximate surface area is 80.3 Å². The van der Waals surface area contributed by atoms with Gasteiger partial charge in [-0.15, -0.1) is 0 Å². The fourth-order valence-electron chi connectivity index (χ4n) is 0. The Morgan fingerprint density at radius 1 is 1.25 bits per heavy atom. The summed E-state index contributed by atoms with van der Waals surface area (Å²) in [7, 11) is 0. The maximum absolute atomic E-state index is 8.28. The van der Waals surface area contributed by atoms with Gasteiger partial charge in [0.1, 0.15) is 0 Å². The van der Waals surface area contributed by atoms with Crippen LogP contribution in [0.5, 0.6) is 0 Å². The predicted octanol–water partition coefficient (Wildman–Crippen LogP) is -0.770. The van der Waals surface area contributed by atoms with E-state index in [4.69, 9.17) is 3.80 Å². The van der Waals surface area contributed by atoms with Crippen LogP contribution in [0.4, 0.5) is 0 Å². The molecule has 0 aliphatic rings. The summed E-state index contributed by atoms with van der Waals surface area (Å²) >= 11 is 0.611. The number of rotatable bonds is 0. The molecule has 0 spiro atoms. The molecular weight excluding hydrogens is 273 g/mol. The average molecular weight is 274 g/mol. The summed E-state index contributed by atoms with van der Waals surface area (Å²) in [6, 6.07) is 0. The van der Waals surface area contributed by atoms with E-state index in [1.165, 1.54) is 0 Å². The van der Waals surface area contributed by atoms with Crippen LogP contribution in [0.2, 0.25) is 0 Å². The summed E-state index contributed by atoms with van der Waals surface area (Å²) in [5.74, 6) is 0. The van der Waals surface area contributed by atoms with Crippen LogP contribution in [-0.2, 0) is 30.0 Å². The second-order valence-electron chi connectivity index (χ2n) is 0. The topological polar surface area (TPSA) is 17.1 Å². The third kappa shape index (κ3) is 8.83. The van der Waals surface area contributed by atoms with E-state index in [2.05, 4.69) is 0 Å². The van der Waals surface area contributed by atoms with E-state index in [0.29, 0.717) is 16.2 Å². The van der Waals surface area contributed by atoms with Gasteiger partial charge in [-0.3, -0.25) is 0 Å². The Hall–Kier alpha value is 2.41. The number of hydrogen-bond acceptors (Lipinski definition) is 1. The van der Waals surface area contributed by atoms with Crippen molar-refractivity contribution in [1.82, 2.24) is 0 Å². The van der Waals surface area contributed by atoms with Crippen molar-refractivity contribution in [2.24, 2.45) is 0 Å². The molecule has 0 aromatic heterocycles. The first-order chi connectivity index (χ1) is 1.00. The first-order valence-electron chi connectivity index (χ1n) is 0.289. The van der Waals surface area contributed by atoms with Gasteiger partial charge in [-0.1, -0.05) is 0 Å². The van der Waals surface area contributed by atoms with Crippen molar-refractivity contribution in [2.75, 3.05) is 0 Å². The summed E-state index contributed by atoms with van der Waals surface area (Å²) in [5.41, 5.74) is 0. The van der Waals surface area contributed by atoms with Crippen molar-refractivity contribution < 1.29 is 65.6 Å². The zero-order chi connectivity index (χ0) is 2.00. The molecule has 0 saturated carbocycles. The maximum atomic E-state index is 8.28. The van der Waals surface area contributed by atoms with E-state index in [1.807, 2.05) is 0 Å². The standard InChI is InChI=1S/Al.La.O.Zr.H. The van der Waals surface area contributed by atoms with Gasteiger partial charge in [0.2, 0.25) is 0 Å². The largest absolute Gasteiger partial charge is 0 e. The van der Waals surface area contributed by atoms with Gasteiger partial charge in [0, 0.05) is 61.8 Å². The van der Waals surface area contributed by atoms with Crippen molar-refractivity contribution in [3.63, 3.8) is 0 Å². The molecular formula is HAlLaOZr. The quantitative estimate of drug-likeness (QED) is 0.530. The Morgan fingerprint density at radius 3 is 1.25 bits per heavy atom. The minimum Gasteiger partial charge on any atom is 0 e. The molecule has 0 saturated heterocycles. The molecule has 4 heteroatoms. The SMILES string of the molecule is [La].[O]=[AlH].[Zr]. The monoisotopic (exact) mass is 273 g/mol. The molecule has 0 amide bonds. The van der Waals surface area contributed by atoms with Crippen LogP contribution >= 0.6 is 0 Å². The molecule has 0 aromatic rings. The number of hydrogen-bond donors (Lipinski definition) is 0. The Bertz CT molecular complexity index is 8.00. The van der Waals surface area contributed by atoms with E-state index in [1.54, 1.807) is 0 Å². The first-order valence-corrected chi connectivity index (χ1v) is 0.866. The Balaban J connectivity index is -0.00000000500. The molecule has 0 atom stereocenters. The van der Waals surface area contributed by atoms with Gasteiger partial charge in [0.15, 0.2) is 0 Å². The Morgan fingerprint density at radius 2 is 1.25 bits per heavy atom. The zero-order valence-corrected chi connectivity index (χ0v) is 9.69. The molecule has 0 unspecified atom stereocenters. The second-order valence-corrected chi connectivity index (χ2v) is 0. The summed E-state index contributed by atoms with van der Waals surface area (Å²) in [6.07, 6.45) is 0. The minimum atomic E-state index is 0. The summed E-state index contributed by atoms with van der Waals surface area (Å²) in [6.45, 7) is 0. The predicted molar refractivity (Wildman–Crippen MR) is 7.84 cm³/mol. The molecule has 0 fully saturated rings. The molecule has 17 valence electrons.